The molecule has 0 fully saturated rings. The van der Waals surface area contributed by atoms with E-state index in [4.69, 9.17) is 23.1 Å². The highest BCUT2D eigenvalue weighted by molar-refractivity contribution is 6.34. The minimum atomic E-state index is -0.716. The van der Waals surface area contributed by atoms with Crippen LogP contribution in [0.5, 0.6) is 0 Å². The number of hydrogen-bond acceptors (Lipinski definition) is 3. The lowest BCUT2D eigenvalue weighted by molar-refractivity contribution is 0.100. The van der Waals surface area contributed by atoms with Gasteiger partial charge in [0.1, 0.15) is 11.6 Å². The number of hydrogen-bond donors (Lipinski definition) is 3. The third kappa shape index (κ3) is 3.41. The van der Waals surface area contributed by atoms with Gasteiger partial charge in [-0.25, -0.2) is 8.78 Å². The van der Waals surface area contributed by atoms with Crippen LogP contribution in [0.4, 0.5) is 20.2 Å². The summed E-state index contributed by atoms with van der Waals surface area (Å²) >= 11 is 6.01. The molecule has 0 spiro atoms. The molecule has 0 atom stereocenters. The topological polar surface area (TPSA) is 81.1 Å². The van der Waals surface area contributed by atoms with Gasteiger partial charge in [0.25, 0.3) is 5.91 Å². The van der Waals surface area contributed by atoms with Crippen molar-refractivity contribution in [2.45, 2.75) is 6.54 Å². The zero-order valence-corrected chi connectivity index (χ0v) is 11.5. The van der Waals surface area contributed by atoms with E-state index in [0.717, 1.165) is 12.1 Å². The number of nitrogens with one attached hydrogen (secondary N) is 1. The maximum atomic E-state index is 13.6. The molecule has 21 heavy (non-hydrogen) atoms. The fraction of sp³-hybridized carbons (Fsp3) is 0.0714. The van der Waals surface area contributed by atoms with Crippen molar-refractivity contribution in [2.24, 2.45) is 5.73 Å². The maximum Gasteiger partial charge on any atom is 0.250 e. The Balaban J connectivity index is 2.29. The van der Waals surface area contributed by atoms with E-state index in [1.165, 1.54) is 18.2 Å². The molecular formula is C14H12ClF2N3O. The summed E-state index contributed by atoms with van der Waals surface area (Å²) < 4.78 is 26.4. The van der Waals surface area contributed by atoms with Crippen LogP contribution in [0.1, 0.15) is 15.9 Å². The molecule has 0 unspecified atom stereocenters. The summed E-state index contributed by atoms with van der Waals surface area (Å²) in [5, 5.41) is 3.00. The molecular weight excluding hydrogens is 300 g/mol. The van der Waals surface area contributed by atoms with Crippen LogP contribution in [0.15, 0.2) is 30.3 Å². The Labute approximate surface area is 124 Å². The van der Waals surface area contributed by atoms with Gasteiger partial charge in [-0.15, -0.1) is 0 Å². The summed E-state index contributed by atoms with van der Waals surface area (Å²) in [5.41, 5.74) is 11.7. The highest BCUT2D eigenvalue weighted by Gasteiger charge is 2.14. The molecule has 0 saturated carbocycles. The molecule has 5 N–H and O–H groups in total. The predicted octanol–water partition coefficient (Wildman–Crippen LogP) is 2.91. The molecule has 2 aromatic rings. The van der Waals surface area contributed by atoms with Crippen LogP contribution in [-0.2, 0) is 6.54 Å². The van der Waals surface area contributed by atoms with Gasteiger partial charge in [0.15, 0.2) is 0 Å². The molecule has 4 nitrogen and oxygen atoms in total. The third-order valence-electron chi connectivity index (χ3n) is 2.85. The number of benzene rings is 2. The van der Waals surface area contributed by atoms with Crippen molar-refractivity contribution in [3.8, 4) is 0 Å². The molecule has 7 heteroatoms. The zero-order chi connectivity index (χ0) is 15.6. The summed E-state index contributed by atoms with van der Waals surface area (Å²) in [6, 6.07) is 6.03. The molecule has 0 aromatic heterocycles. The monoisotopic (exact) mass is 311 g/mol. The second kappa shape index (κ2) is 5.97. The SMILES string of the molecule is NC(=O)c1cc(N)cc(Cl)c1NCc1ccc(F)cc1F. The fourth-order valence-electron chi connectivity index (χ4n) is 1.85. The van der Waals surface area contributed by atoms with Gasteiger partial charge in [-0.2, -0.15) is 0 Å². The van der Waals surface area contributed by atoms with Crippen molar-refractivity contribution in [3.63, 3.8) is 0 Å². The van der Waals surface area contributed by atoms with Crippen LogP contribution >= 0.6 is 11.6 Å². The minimum Gasteiger partial charge on any atom is -0.399 e. The quantitative estimate of drug-likeness (QED) is 0.759. The molecule has 0 bridgehead atoms. The number of carbonyl (C=O) groups excluding carboxylic acids is 1. The van der Waals surface area contributed by atoms with Gasteiger partial charge >= 0.3 is 0 Å². The number of nitrogens with two attached hydrogens (primary N) is 2. The van der Waals surface area contributed by atoms with E-state index in [1.807, 2.05) is 0 Å². The lowest BCUT2D eigenvalue weighted by atomic mass is 10.1. The summed E-state index contributed by atoms with van der Waals surface area (Å²) in [6.45, 7) is 0.00995. The highest BCUT2D eigenvalue weighted by Crippen LogP contribution is 2.29. The first kappa shape index (κ1) is 15.1. The van der Waals surface area contributed by atoms with Crippen molar-refractivity contribution in [2.75, 3.05) is 11.1 Å². The number of primary amides is 1. The van der Waals surface area contributed by atoms with Gasteiger partial charge < -0.3 is 16.8 Å². The van der Waals surface area contributed by atoms with Gasteiger partial charge in [0, 0.05) is 23.9 Å². The number of nitrogen functional groups attached to an aromatic ring is 1. The Kier molecular flexibility index (Phi) is 4.28. The molecule has 0 aliphatic heterocycles. The molecule has 2 rings (SSSR count). The Bertz CT molecular complexity index is 707. The van der Waals surface area contributed by atoms with E-state index in [2.05, 4.69) is 5.32 Å². The van der Waals surface area contributed by atoms with Crippen LogP contribution < -0.4 is 16.8 Å². The number of anilines is 2. The van der Waals surface area contributed by atoms with E-state index in [9.17, 15) is 13.6 Å². The van der Waals surface area contributed by atoms with Gasteiger partial charge in [-0.1, -0.05) is 17.7 Å². The number of rotatable bonds is 4. The Morgan fingerprint density at radius 3 is 2.57 bits per heavy atom. The Morgan fingerprint density at radius 2 is 1.95 bits per heavy atom. The Hall–Kier alpha value is -2.34. The minimum absolute atomic E-state index is 0.00995. The average molecular weight is 312 g/mol. The summed E-state index contributed by atoms with van der Waals surface area (Å²) in [4.78, 5) is 11.4. The fourth-order valence-corrected chi connectivity index (χ4v) is 2.14. The van der Waals surface area contributed by atoms with Gasteiger partial charge in [0.05, 0.1) is 16.3 Å². The van der Waals surface area contributed by atoms with Crippen LogP contribution in [0, 0.1) is 11.6 Å². The molecule has 0 saturated heterocycles. The van der Waals surface area contributed by atoms with E-state index < -0.39 is 17.5 Å². The summed E-state index contributed by atoms with van der Waals surface area (Å²) in [5.74, 6) is -2.08. The highest BCUT2D eigenvalue weighted by atomic mass is 35.5. The van der Waals surface area contributed by atoms with Gasteiger partial charge in [-0.05, 0) is 18.2 Å². The Morgan fingerprint density at radius 1 is 1.24 bits per heavy atom. The smallest absolute Gasteiger partial charge is 0.250 e. The molecule has 1 amide bonds. The van der Waals surface area contributed by atoms with Crippen LogP contribution in [0.3, 0.4) is 0 Å². The second-order valence-electron chi connectivity index (χ2n) is 4.38. The van der Waals surface area contributed by atoms with Crippen molar-refractivity contribution < 1.29 is 13.6 Å². The number of halogens is 3. The number of amides is 1. The van der Waals surface area contributed by atoms with E-state index in [0.29, 0.717) is 0 Å². The first-order chi connectivity index (χ1) is 9.88. The van der Waals surface area contributed by atoms with E-state index in [-0.39, 0.29) is 34.1 Å². The van der Waals surface area contributed by atoms with Crippen molar-refractivity contribution in [1.29, 1.82) is 0 Å². The molecule has 0 radical (unpaired) electrons. The van der Waals surface area contributed by atoms with Crippen LogP contribution in [0.25, 0.3) is 0 Å². The van der Waals surface area contributed by atoms with Crippen LogP contribution in [-0.4, -0.2) is 5.91 Å². The summed E-state index contributed by atoms with van der Waals surface area (Å²) in [6.07, 6.45) is 0. The van der Waals surface area contributed by atoms with Crippen molar-refractivity contribution >= 4 is 28.9 Å². The molecule has 0 aliphatic rings. The van der Waals surface area contributed by atoms with E-state index in [1.54, 1.807) is 0 Å². The molecule has 2 aromatic carbocycles. The average Bonchev–Trinajstić information content (AvgIpc) is 2.38. The second-order valence-corrected chi connectivity index (χ2v) is 4.79. The van der Waals surface area contributed by atoms with Gasteiger partial charge in [-0.3, -0.25) is 4.79 Å². The third-order valence-corrected chi connectivity index (χ3v) is 3.15. The van der Waals surface area contributed by atoms with Crippen molar-refractivity contribution in [1.82, 2.24) is 0 Å². The maximum absolute atomic E-state index is 13.6. The first-order valence-electron chi connectivity index (χ1n) is 5.95. The first-order valence-corrected chi connectivity index (χ1v) is 6.33. The zero-order valence-electron chi connectivity index (χ0n) is 10.8. The molecule has 0 heterocycles. The lowest BCUT2D eigenvalue weighted by Crippen LogP contribution is -2.15. The largest absolute Gasteiger partial charge is 0.399 e. The number of carbonyl (C=O) groups is 1. The molecule has 110 valence electrons. The van der Waals surface area contributed by atoms with Gasteiger partial charge in [0.2, 0.25) is 0 Å². The lowest BCUT2D eigenvalue weighted by Gasteiger charge is -2.13. The molecule has 0 aliphatic carbocycles. The predicted molar refractivity (Wildman–Crippen MR) is 78.1 cm³/mol. The normalized spacial score (nSPS) is 10.4. The standard InChI is InChI=1S/C14H12ClF2N3O/c15-11-5-9(18)4-10(14(19)21)13(11)20-6-7-1-2-8(16)3-12(7)17/h1-5,20H,6,18H2,(H2,19,21). The van der Waals surface area contributed by atoms with Crippen molar-refractivity contribution in [3.05, 3.63) is 58.1 Å². The summed E-state index contributed by atoms with van der Waals surface area (Å²) in [7, 11) is 0. The van der Waals surface area contributed by atoms with E-state index >= 15 is 0 Å². The van der Waals surface area contributed by atoms with Crippen LogP contribution in [0.2, 0.25) is 5.02 Å².